The zero-order chi connectivity index (χ0) is 10.1. The van der Waals surface area contributed by atoms with E-state index in [1.165, 1.54) is 64.5 Å². The van der Waals surface area contributed by atoms with Gasteiger partial charge in [0.1, 0.15) is 0 Å². The van der Waals surface area contributed by atoms with Crippen LogP contribution >= 0.6 is 0 Å². The van der Waals surface area contributed by atoms with E-state index in [4.69, 9.17) is 0 Å². The van der Waals surface area contributed by atoms with E-state index >= 15 is 0 Å². The minimum absolute atomic E-state index is 0.834. The fourth-order valence-corrected chi connectivity index (χ4v) is 3.99. The second-order valence-electron chi connectivity index (χ2n) is 5.59. The Bertz CT molecular complexity index is 211. The number of nitrogens with zero attached hydrogens (tertiary/aromatic N) is 1. The number of piperazine rings is 1. The molecule has 2 atom stereocenters. The van der Waals surface area contributed by atoms with Gasteiger partial charge in [0.25, 0.3) is 0 Å². The summed E-state index contributed by atoms with van der Waals surface area (Å²) in [7, 11) is 0. The monoisotopic (exact) mass is 208 g/mol. The van der Waals surface area contributed by atoms with Crippen molar-refractivity contribution in [2.45, 2.75) is 69.5 Å². The van der Waals surface area contributed by atoms with E-state index in [1.54, 1.807) is 0 Å². The van der Waals surface area contributed by atoms with Crippen molar-refractivity contribution in [2.24, 2.45) is 0 Å². The molecule has 86 valence electrons. The zero-order valence-corrected chi connectivity index (χ0v) is 9.75. The molecule has 3 rings (SSSR count). The van der Waals surface area contributed by atoms with Gasteiger partial charge in [-0.25, -0.2) is 0 Å². The van der Waals surface area contributed by atoms with E-state index in [-0.39, 0.29) is 0 Å². The van der Waals surface area contributed by atoms with Crippen LogP contribution in [-0.4, -0.2) is 36.1 Å². The first-order chi connectivity index (χ1) is 7.45. The van der Waals surface area contributed by atoms with Crippen molar-refractivity contribution in [3.63, 3.8) is 0 Å². The Morgan fingerprint density at radius 3 is 2.60 bits per heavy atom. The first-order valence-corrected chi connectivity index (χ1v) is 6.94. The van der Waals surface area contributed by atoms with Gasteiger partial charge in [-0.1, -0.05) is 25.7 Å². The van der Waals surface area contributed by atoms with Gasteiger partial charge in [-0.05, 0) is 25.7 Å². The van der Waals surface area contributed by atoms with Crippen molar-refractivity contribution in [2.75, 3.05) is 13.1 Å². The van der Waals surface area contributed by atoms with Crippen molar-refractivity contribution in [3.8, 4) is 0 Å². The van der Waals surface area contributed by atoms with Gasteiger partial charge in [0.05, 0.1) is 0 Å². The summed E-state index contributed by atoms with van der Waals surface area (Å²) in [6, 6.07) is 2.66. The van der Waals surface area contributed by atoms with E-state index in [1.807, 2.05) is 0 Å². The van der Waals surface area contributed by atoms with Crippen LogP contribution in [0.2, 0.25) is 0 Å². The minimum atomic E-state index is 0.834. The molecule has 0 bridgehead atoms. The normalized spacial score (nSPS) is 39.2. The van der Waals surface area contributed by atoms with E-state index in [9.17, 15) is 0 Å². The summed E-state index contributed by atoms with van der Waals surface area (Å²) in [5, 5.41) is 3.71. The molecule has 0 radical (unpaired) electrons. The standard InChI is InChI=1S/C13H24N2/c1-2-5-11(6-3-1)15-10-9-14-12-7-4-8-13(12)15/h11-14H,1-10H2/t12-,13+/m0/s1. The average molecular weight is 208 g/mol. The van der Waals surface area contributed by atoms with Crippen LogP contribution in [0.3, 0.4) is 0 Å². The maximum atomic E-state index is 3.71. The van der Waals surface area contributed by atoms with E-state index < -0.39 is 0 Å². The first kappa shape index (κ1) is 10.1. The van der Waals surface area contributed by atoms with Crippen molar-refractivity contribution in [1.29, 1.82) is 0 Å². The smallest absolute Gasteiger partial charge is 0.0252 e. The van der Waals surface area contributed by atoms with Crippen LogP contribution < -0.4 is 5.32 Å². The number of nitrogens with one attached hydrogen (secondary N) is 1. The Labute approximate surface area is 93.4 Å². The van der Waals surface area contributed by atoms with Gasteiger partial charge >= 0.3 is 0 Å². The molecule has 1 saturated heterocycles. The molecule has 3 fully saturated rings. The third-order valence-corrected chi connectivity index (χ3v) is 4.73. The quantitative estimate of drug-likeness (QED) is 0.710. The van der Waals surface area contributed by atoms with Gasteiger partial charge in [0, 0.05) is 31.2 Å². The largest absolute Gasteiger partial charge is 0.311 e. The molecule has 2 heteroatoms. The Balaban J connectivity index is 1.67. The van der Waals surface area contributed by atoms with Crippen LogP contribution in [0, 0.1) is 0 Å². The lowest BCUT2D eigenvalue weighted by molar-refractivity contribution is 0.0670. The Hall–Kier alpha value is -0.0800. The molecular formula is C13H24N2. The van der Waals surface area contributed by atoms with Gasteiger partial charge in [0.2, 0.25) is 0 Å². The minimum Gasteiger partial charge on any atom is -0.311 e. The van der Waals surface area contributed by atoms with E-state index in [0.29, 0.717) is 0 Å². The van der Waals surface area contributed by atoms with Crippen LogP contribution in [0.15, 0.2) is 0 Å². The van der Waals surface area contributed by atoms with Crippen molar-refractivity contribution in [3.05, 3.63) is 0 Å². The fraction of sp³-hybridized carbons (Fsp3) is 1.00. The lowest BCUT2D eigenvalue weighted by Gasteiger charge is -2.44. The van der Waals surface area contributed by atoms with Gasteiger partial charge in [-0.15, -0.1) is 0 Å². The van der Waals surface area contributed by atoms with Crippen LogP contribution in [0.5, 0.6) is 0 Å². The Morgan fingerprint density at radius 1 is 0.867 bits per heavy atom. The molecule has 0 amide bonds. The summed E-state index contributed by atoms with van der Waals surface area (Å²) >= 11 is 0. The highest BCUT2D eigenvalue weighted by Crippen LogP contribution is 2.32. The van der Waals surface area contributed by atoms with Gasteiger partial charge in [-0.2, -0.15) is 0 Å². The summed E-state index contributed by atoms with van der Waals surface area (Å²) in [5.74, 6) is 0. The number of rotatable bonds is 1. The predicted molar refractivity (Wildman–Crippen MR) is 63.0 cm³/mol. The van der Waals surface area contributed by atoms with E-state index in [2.05, 4.69) is 10.2 Å². The predicted octanol–water partition coefficient (Wildman–Crippen LogP) is 2.15. The fourth-order valence-electron chi connectivity index (χ4n) is 3.99. The molecule has 15 heavy (non-hydrogen) atoms. The second kappa shape index (κ2) is 4.42. The molecule has 0 aromatic heterocycles. The first-order valence-electron chi connectivity index (χ1n) is 6.94. The Kier molecular flexibility index (Phi) is 2.98. The zero-order valence-electron chi connectivity index (χ0n) is 9.75. The molecule has 1 heterocycles. The van der Waals surface area contributed by atoms with Crippen molar-refractivity contribution < 1.29 is 0 Å². The molecular weight excluding hydrogens is 184 g/mol. The molecule has 0 unspecified atom stereocenters. The third-order valence-electron chi connectivity index (χ3n) is 4.73. The lowest BCUT2D eigenvalue weighted by Crippen LogP contribution is -2.58. The van der Waals surface area contributed by atoms with Gasteiger partial charge < -0.3 is 5.32 Å². The molecule has 2 saturated carbocycles. The van der Waals surface area contributed by atoms with Crippen LogP contribution in [0.1, 0.15) is 51.4 Å². The Morgan fingerprint density at radius 2 is 1.73 bits per heavy atom. The number of hydrogen-bond acceptors (Lipinski definition) is 2. The SMILES string of the molecule is C1CCC(N2CCN[C@H]3CCC[C@H]32)CC1. The molecule has 3 aliphatic rings. The molecule has 2 aliphatic carbocycles. The molecule has 1 aliphatic heterocycles. The summed E-state index contributed by atoms with van der Waals surface area (Å²) in [4.78, 5) is 2.87. The molecule has 1 N–H and O–H groups in total. The number of hydrogen-bond donors (Lipinski definition) is 1. The summed E-state index contributed by atoms with van der Waals surface area (Å²) in [5.41, 5.74) is 0. The maximum Gasteiger partial charge on any atom is 0.0252 e. The summed E-state index contributed by atoms with van der Waals surface area (Å²) in [6.45, 7) is 2.55. The molecule has 0 aromatic rings. The van der Waals surface area contributed by atoms with Crippen molar-refractivity contribution in [1.82, 2.24) is 10.2 Å². The second-order valence-corrected chi connectivity index (χ2v) is 5.59. The van der Waals surface area contributed by atoms with Crippen LogP contribution in [0.4, 0.5) is 0 Å². The van der Waals surface area contributed by atoms with Gasteiger partial charge in [0.15, 0.2) is 0 Å². The topological polar surface area (TPSA) is 15.3 Å². The molecule has 0 spiro atoms. The number of fused-ring (bicyclic) bond motifs is 1. The van der Waals surface area contributed by atoms with Crippen LogP contribution in [-0.2, 0) is 0 Å². The van der Waals surface area contributed by atoms with Gasteiger partial charge in [-0.3, -0.25) is 4.90 Å². The highest BCUT2D eigenvalue weighted by Gasteiger charge is 2.37. The molecule has 0 aromatic carbocycles. The highest BCUT2D eigenvalue weighted by molar-refractivity contribution is 4.96. The van der Waals surface area contributed by atoms with Crippen molar-refractivity contribution >= 4 is 0 Å². The average Bonchev–Trinajstić information content (AvgIpc) is 2.78. The lowest BCUT2D eigenvalue weighted by atomic mass is 9.91. The van der Waals surface area contributed by atoms with Crippen LogP contribution in [0.25, 0.3) is 0 Å². The highest BCUT2D eigenvalue weighted by atomic mass is 15.3. The van der Waals surface area contributed by atoms with E-state index in [0.717, 1.165) is 18.1 Å². The maximum absolute atomic E-state index is 3.71. The third kappa shape index (κ3) is 1.94. The summed E-state index contributed by atoms with van der Waals surface area (Å²) in [6.07, 6.45) is 11.7. The molecule has 2 nitrogen and oxygen atoms in total. The summed E-state index contributed by atoms with van der Waals surface area (Å²) < 4.78 is 0.